The minimum Gasteiger partial charge on any atom is -0.454 e. The number of carbonyl (C=O) groups excluding carboxylic acids is 4. The standard InChI is InChI=1S/C27H28N2O5/c1-16-7-5-6-10-20(16)28-22(30)15-34-27(33)21(13-17-8-3-2-4-9-17)29-25(31)23-18-11-12-19(14-18)24(23)26(29)32/h2-10,18-19,21,23-24H,11-15H2,1H3,(H,28,30)/t18-,19-,21-,23+,24+/m0/s1. The number of nitrogens with zero attached hydrogens (tertiary/aromatic N) is 1. The molecule has 7 heteroatoms. The van der Waals surface area contributed by atoms with E-state index in [2.05, 4.69) is 5.32 Å². The van der Waals surface area contributed by atoms with Crippen LogP contribution >= 0.6 is 0 Å². The molecule has 2 bridgehead atoms. The second-order valence-electron chi connectivity index (χ2n) is 9.61. The molecule has 0 aromatic heterocycles. The number of nitrogens with one attached hydrogen (secondary N) is 1. The molecule has 7 nitrogen and oxygen atoms in total. The summed E-state index contributed by atoms with van der Waals surface area (Å²) >= 11 is 0. The summed E-state index contributed by atoms with van der Waals surface area (Å²) in [6.07, 6.45) is 3.01. The molecule has 0 unspecified atom stereocenters. The molecule has 5 atom stereocenters. The average Bonchev–Trinajstić information content (AvgIpc) is 3.52. The molecule has 1 N–H and O–H groups in total. The highest BCUT2D eigenvalue weighted by Crippen LogP contribution is 2.56. The summed E-state index contributed by atoms with van der Waals surface area (Å²) in [5.41, 5.74) is 2.34. The first kappa shape index (κ1) is 22.3. The average molecular weight is 461 g/mol. The lowest BCUT2D eigenvalue weighted by atomic mass is 9.81. The fourth-order valence-corrected chi connectivity index (χ4v) is 5.99. The van der Waals surface area contributed by atoms with Crippen LogP contribution in [-0.4, -0.2) is 41.2 Å². The molecule has 5 rings (SSSR count). The van der Waals surface area contributed by atoms with Gasteiger partial charge < -0.3 is 10.1 Å². The molecule has 3 amide bonds. The lowest BCUT2D eigenvalue weighted by Gasteiger charge is -2.26. The number of benzene rings is 2. The molecular weight excluding hydrogens is 432 g/mol. The Kier molecular flexibility index (Phi) is 5.94. The SMILES string of the molecule is Cc1ccccc1NC(=O)COC(=O)[C@H](Cc1ccccc1)N1C(=O)[C@@H]2[C@H]3CC[C@@H](C3)[C@H]2C1=O. The first-order chi connectivity index (χ1) is 16.4. The number of aryl methyl sites for hydroxylation is 1. The van der Waals surface area contributed by atoms with E-state index in [4.69, 9.17) is 4.74 Å². The number of hydrogen-bond acceptors (Lipinski definition) is 5. The third-order valence-electron chi connectivity index (χ3n) is 7.58. The van der Waals surface area contributed by atoms with Crippen molar-refractivity contribution in [3.05, 3.63) is 65.7 Å². The summed E-state index contributed by atoms with van der Waals surface area (Å²) in [6.45, 7) is 1.37. The van der Waals surface area contributed by atoms with Crippen LogP contribution < -0.4 is 5.32 Å². The van der Waals surface area contributed by atoms with Crippen molar-refractivity contribution >= 4 is 29.4 Å². The van der Waals surface area contributed by atoms with E-state index in [-0.39, 0.29) is 41.9 Å². The van der Waals surface area contributed by atoms with Crippen LogP contribution in [0.3, 0.4) is 0 Å². The largest absolute Gasteiger partial charge is 0.454 e. The Morgan fingerprint density at radius 2 is 1.59 bits per heavy atom. The monoisotopic (exact) mass is 460 g/mol. The van der Waals surface area contributed by atoms with E-state index in [1.807, 2.05) is 49.4 Å². The van der Waals surface area contributed by atoms with Crippen molar-refractivity contribution < 1.29 is 23.9 Å². The number of para-hydroxylation sites is 1. The van der Waals surface area contributed by atoms with Crippen molar-refractivity contribution in [3.63, 3.8) is 0 Å². The maximum atomic E-state index is 13.4. The number of anilines is 1. The number of carbonyl (C=O) groups is 4. The summed E-state index contributed by atoms with van der Waals surface area (Å²) < 4.78 is 5.35. The quantitative estimate of drug-likeness (QED) is 0.506. The van der Waals surface area contributed by atoms with E-state index in [1.165, 1.54) is 0 Å². The van der Waals surface area contributed by atoms with Gasteiger partial charge in [0.15, 0.2) is 6.61 Å². The van der Waals surface area contributed by atoms with Gasteiger partial charge in [-0.15, -0.1) is 0 Å². The lowest BCUT2D eigenvalue weighted by Crippen LogP contribution is -2.48. The molecule has 2 aliphatic carbocycles. The Labute approximate surface area is 198 Å². The van der Waals surface area contributed by atoms with Crippen LogP contribution in [0.4, 0.5) is 5.69 Å². The van der Waals surface area contributed by atoms with Gasteiger partial charge in [0.2, 0.25) is 11.8 Å². The van der Waals surface area contributed by atoms with Crippen LogP contribution in [0.5, 0.6) is 0 Å². The number of rotatable bonds is 7. The maximum absolute atomic E-state index is 13.4. The summed E-state index contributed by atoms with van der Waals surface area (Å²) in [5, 5.41) is 2.73. The van der Waals surface area contributed by atoms with Gasteiger partial charge in [0.1, 0.15) is 6.04 Å². The molecule has 1 aliphatic heterocycles. The van der Waals surface area contributed by atoms with Crippen molar-refractivity contribution in [1.82, 2.24) is 4.90 Å². The zero-order valence-corrected chi connectivity index (χ0v) is 19.1. The van der Waals surface area contributed by atoms with Gasteiger partial charge in [-0.05, 0) is 55.2 Å². The molecule has 176 valence electrons. The molecule has 34 heavy (non-hydrogen) atoms. The molecule has 2 saturated carbocycles. The molecule has 1 heterocycles. The first-order valence-electron chi connectivity index (χ1n) is 11.9. The van der Waals surface area contributed by atoms with E-state index in [0.717, 1.165) is 35.3 Å². The highest BCUT2D eigenvalue weighted by molar-refractivity contribution is 6.08. The fraction of sp³-hybridized carbons (Fsp3) is 0.407. The zero-order chi connectivity index (χ0) is 23.8. The number of fused-ring (bicyclic) bond motifs is 5. The van der Waals surface area contributed by atoms with Crippen LogP contribution in [0.15, 0.2) is 54.6 Å². The minimum atomic E-state index is -1.08. The number of amides is 3. The Bertz CT molecular complexity index is 1100. The fourth-order valence-electron chi connectivity index (χ4n) is 5.99. The lowest BCUT2D eigenvalue weighted by molar-refractivity contribution is -0.160. The molecule has 2 aromatic carbocycles. The Morgan fingerprint density at radius 1 is 0.971 bits per heavy atom. The van der Waals surface area contributed by atoms with Crippen LogP contribution in [0.1, 0.15) is 30.4 Å². The molecule has 3 aliphatic rings. The van der Waals surface area contributed by atoms with Gasteiger partial charge in [-0.3, -0.25) is 19.3 Å². The summed E-state index contributed by atoms with van der Waals surface area (Å²) in [7, 11) is 0. The Balaban J connectivity index is 1.32. The Morgan fingerprint density at radius 3 is 2.24 bits per heavy atom. The van der Waals surface area contributed by atoms with Crippen LogP contribution in [-0.2, 0) is 30.3 Å². The van der Waals surface area contributed by atoms with E-state index in [1.54, 1.807) is 12.1 Å². The topological polar surface area (TPSA) is 92.8 Å². The van der Waals surface area contributed by atoms with Crippen molar-refractivity contribution in [2.45, 2.75) is 38.6 Å². The molecule has 0 radical (unpaired) electrons. The smallest absolute Gasteiger partial charge is 0.330 e. The van der Waals surface area contributed by atoms with Gasteiger partial charge in [0, 0.05) is 12.1 Å². The van der Waals surface area contributed by atoms with Gasteiger partial charge in [-0.2, -0.15) is 0 Å². The number of likely N-dealkylation sites (tertiary alicyclic amines) is 1. The predicted molar refractivity (Wildman–Crippen MR) is 124 cm³/mol. The van der Waals surface area contributed by atoms with Crippen molar-refractivity contribution in [2.24, 2.45) is 23.7 Å². The predicted octanol–water partition coefficient (Wildman–Crippen LogP) is 3.12. The van der Waals surface area contributed by atoms with Gasteiger partial charge in [0.05, 0.1) is 11.8 Å². The van der Waals surface area contributed by atoms with Gasteiger partial charge in [-0.1, -0.05) is 48.5 Å². The summed E-state index contributed by atoms with van der Waals surface area (Å²) in [4.78, 5) is 53.5. The molecule has 1 saturated heterocycles. The second-order valence-corrected chi connectivity index (χ2v) is 9.61. The number of imide groups is 1. The van der Waals surface area contributed by atoms with Gasteiger partial charge in [0.25, 0.3) is 5.91 Å². The van der Waals surface area contributed by atoms with E-state index in [0.29, 0.717) is 5.69 Å². The highest BCUT2D eigenvalue weighted by Gasteiger charge is 2.62. The molecule has 3 fully saturated rings. The van der Waals surface area contributed by atoms with Crippen LogP contribution in [0.25, 0.3) is 0 Å². The van der Waals surface area contributed by atoms with Crippen molar-refractivity contribution in [1.29, 1.82) is 0 Å². The number of ether oxygens (including phenoxy) is 1. The third-order valence-corrected chi connectivity index (χ3v) is 7.58. The summed E-state index contributed by atoms with van der Waals surface area (Å²) in [6, 6.07) is 15.5. The Hall–Kier alpha value is -3.48. The van der Waals surface area contributed by atoms with Gasteiger partial charge in [-0.25, -0.2) is 4.79 Å². The molecule has 0 spiro atoms. The van der Waals surface area contributed by atoms with Crippen LogP contribution in [0.2, 0.25) is 0 Å². The normalized spacial score (nSPS) is 25.9. The molecule has 2 aromatic rings. The number of esters is 1. The van der Waals surface area contributed by atoms with E-state index in [9.17, 15) is 19.2 Å². The minimum absolute atomic E-state index is 0.158. The maximum Gasteiger partial charge on any atom is 0.330 e. The zero-order valence-electron chi connectivity index (χ0n) is 19.1. The van der Waals surface area contributed by atoms with Crippen LogP contribution in [0, 0.1) is 30.6 Å². The van der Waals surface area contributed by atoms with E-state index < -0.39 is 24.5 Å². The molecular formula is C27H28N2O5. The third kappa shape index (κ3) is 4.00. The first-order valence-corrected chi connectivity index (χ1v) is 11.9. The number of hydrogen-bond donors (Lipinski definition) is 1. The van der Waals surface area contributed by atoms with E-state index >= 15 is 0 Å². The van der Waals surface area contributed by atoms with Crippen molar-refractivity contribution in [2.75, 3.05) is 11.9 Å². The van der Waals surface area contributed by atoms with Gasteiger partial charge >= 0.3 is 5.97 Å². The summed E-state index contributed by atoms with van der Waals surface area (Å²) in [5.74, 6) is -1.92. The van der Waals surface area contributed by atoms with Crippen molar-refractivity contribution in [3.8, 4) is 0 Å². The second kappa shape index (κ2) is 9.05. The highest BCUT2D eigenvalue weighted by atomic mass is 16.5.